The Morgan fingerprint density at radius 1 is 1.33 bits per heavy atom. The van der Waals surface area contributed by atoms with Crippen LogP contribution in [-0.4, -0.2) is 41.5 Å². The molecule has 3 N–H and O–H groups in total. The number of carbonyl (C=O) groups is 2. The highest BCUT2D eigenvalue weighted by Gasteiger charge is 2.17. The Labute approximate surface area is 161 Å². The van der Waals surface area contributed by atoms with Crippen molar-refractivity contribution < 1.29 is 19.4 Å². The van der Waals surface area contributed by atoms with E-state index in [9.17, 15) is 14.7 Å². The number of nitrogens with zero attached hydrogens (tertiary/aromatic N) is 1. The molecule has 2 amide bonds. The fourth-order valence-corrected chi connectivity index (χ4v) is 2.68. The van der Waals surface area contributed by atoms with Crippen molar-refractivity contribution in [2.24, 2.45) is 5.92 Å². The summed E-state index contributed by atoms with van der Waals surface area (Å²) in [4.78, 5) is 25.8. The van der Waals surface area contributed by atoms with Crippen LogP contribution in [0.2, 0.25) is 0 Å². The van der Waals surface area contributed by atoms with Crippen LogP contribution in [0.3, 0.4) is 0 Å². The van der Waals surface area contributed by atoms with Crippen LogP contribution in [-0.2, 0) is 14.3 Å². The number of hydrazine groups is 1. The van der Waals surface area contributed by atoms with Crippen LogP contribution in [0.5, 0.6) is 0 Å². The van der Waals surface area contributed by atoms with Gasteiger partial charge in [0.1, 0.15) is 0 Å². The lowest BCUT2D eigenvalue weighted by Gasteiger charge is -2.24. The predicted octanol–water partition coefficient (Wildman–Crippen LogP) is 2.61. The summed E-state index contributed by atoms with van der Waals surface area (Å²) >= 11 is 0. The highest BCUT2D eigenvalue weighted by atomic mass is 16.6. The van der Waals surface area contributed by atoms with Gasteiger partial charge in [-0.2, -0.15) is 0 Å². The first kappa shape index (κ1) is 22.7. The minimum atomic E-state index is -1.07. The zero-order valence-electron chi connectivity index (χ0n) is 16.4. The molecule has 0 radical (unpaired) electrons. The monoisotopic (exact) mass is 377 g/mol. The van der Waals surface area contributed by atoms with Crippen molar-refractivity contribution in [3.8, 4) is 0 Å². The number of amides is 2. The van der Waals surface area contributed by atoms with Crippen molar-refractivity contribution in [3.63, 3.8) is 0 Å². The van der Waals surface area contributed by atoms with E-state index in [1.807, 2.05) is 13.8 Å². The second-order valence-electron chi connectivity index (χ2n) is 6.32. The van der Waals surface area contributed by atoms with Crippen LogP contribution >= 0.6 is 0 Å². The molecule has 0 heterocycles. The van der Waals surface area contributed by atoms with Gasteiger partial charge < -0.3 is 14.7 Å². The molecule has 1 aromatic rings. The van der Waals surface area contributed by atoms with E-state index in [0.29, 0.717) is 37.4 Å². The molecule has 0 bridgehead atoms. The molecule has 0 aromatic heterocycles. The van der Waals surface area contributed by atoms with Gasteiger partial charge in [0.15, 0.2) is 6.29 Å². The highest BCUT2D eigenvalue weighted by Crippen LogP contribution is 2.23. The van der Waals surface area contributed by atoms with E-state index in [2.05, 4.69) is 17.4 Å². The number of ether oxygens (including phenoxy) is 1. The van der Waals surface area contributed by atoms with E-state index in [1.165, 1.54) is 0 Å². The maximum absolute atomic E-state index is 12.2. The van der Waals surface area contributed by atoms with E-state index in [4.69, 9.17) is 4.74 Å². The van der Waals surface area contributed by atoms with Gasteiger partial charge in [-0.3, -0.25) is 20.4 Å². The maximum Gasteiger partial charge on any atom is 0.238 e. The first-order chi connectivity index (χ1) is 12.9. The molecule has 0 saturated carbocycles. The summed E-state index contributed by atoms with van der Waals surface area (Å²) in [5.74, 6) is -0.170. The minimum Gasteiger partial charge on any atom is -0.364 e. The van der Waals surface area contributed by atoms with Gasteiger partial charge in [0.05, 0.1) is 5.69 Å². The first-order valence-electron chi connectivity index (χ1n) is 9.24. The third kappa shape index (κ3) is 7.80. The number of para-hydroxylation sites is 1. The summed E-state index contributed by atoms with van der Waals surface area (Å²) in [6.45, 7) is 10.5. The smallest absolute Gasteiger partial charge is 0.238 e. The summed E-state index contributed by atoms with van der Waals surface area (Å²) in [5, 5.41) is 10.0. The Balaban J connectivity index is 2.58. The molecule has 1 unspecified atom stereocenters. The summed E-state index contributed by atoms with van der Waals surface area (Å²) in [7, 11) is 0. The topological polar surface area (TPSA) is 90.9 Å². The van der Waals surface area contributed by atoms with Gasteiger partial charge in [-0.1, -0.05) is 38.1 Å². The largest absolute Gasteiger partial charge is 0.364 e. The van der Waals surface area contributed by atoms with Gasteiger partial charge in [0, 0.05) is 38.1 Å². The van der Waals surface area contributed by atoms with Gasteiger partial charge in [-0.05, 0) is 18.9 Å². The number of aliphatic hydroxyl groups is 1. The molecule has 1 rings (SSSR count). The number of benzene rings is 1. The van der Waals surface area contributed by atoms with Gasteiger partial charge in [0.2, 0.25) is 11.8 Å². The second kappa shape index (κ2) is 12.1. The third-order valence-corrected chi connectivity index (χ3v) is 3.96. The highest BCUT2D eigenvalue weighted by molar-refractivity contribution is 5.78. The fraction of sp³-hybridized carbons (Fsp3) is 0.500. The molecule has 0 spiro atoms. The van der Waals surface area contributed by atoms with Crippen LogP contribution < -0.4 is 10.9 Å². The molecule has 1 aromatic carbocycles. The maximum atomic E-state index is 12.2. The van der Waals surface area contributed by atoms with Crippen molar-refractivity contribution in [2.75, 3.05) is 25.1 Å². The number of hydrogen-bond donors (Lipinski definition) is 3. The fourth-order valence-electron chi connectivity index (χ4n) is 2.68. The van der Waals surface area contributed by atoms with Crippen LogP contribution in [0.4, 0.5) is 5.69 Å². The van der Waals surface area contributed by atoms with Crippen molar-refractivity contribution in [1.29, 1.82) is 0 Å². The predicted molar refractivity (Wildman–Crippen MR) is 106 cm³/mol. The van der Waals surface area contributed by atoms with Crippen LogP contribution in [0.1, 0.15) is 45.5 Å². The zero-order valence-corrected chi connectivity index (χ0v) is 16.4. The number of nitrogens with one attached hydrogen (secondary N) is 2. The van der Waals surface area contributed by atoms with Gasteiger partial charge in [-0.15, -0.1) is 6.58 Å². The molecule has 2 atom stereocenters. The Hall–Kier alpha value is -2.38. The number of hydrogen-bond acceptors (Lipinski definition) is 5. The molecule has 150 valence electrons. The lowest BCUT2D eigenvalue weighted by Crippen LogP contribution is -2.37. The number of aliphatic hydroxyl groups excluding tert-OH is 1. The van der Waals surface area contributed by atoms with Crippen molar-refractivity contribution in [3.05, 3.63) is 42.5 Å². The SMILES string of the molecule is C=CCN(C[C@H](C)CC(=O)NNc1ccccc1C(O)OCC)C(=O)CC. The third-order valence-electron chi connectivity index (χ3n) is 3.96. The summed E-state index contributed by atoms with van der Waals surface area (Å²) in [6, 6.07) is 7.04. The van der Waals surface area contributed by atoms with Crippen LogP contribution in [0.15, 0.2) is 36.9 Å². The molecule has 7 heteroatoms. The molecule has 0 fully saturated rings. The normalized spacial score (nSPS) is 12.7. The minimum absolute atomic E-state index is 0.00786. The van der Waals surface area contributed by atoms with Gasteiger partial charge in [0.25, 0.3) is 0 Å². The first-order valence-corrected chi connectivity index (χ1v) is 9.24. The summed E-state index contributed by atoms with van der Waals surface area (Å²) in [5.41, 5.74) is 6.57. The van der Waals surface area contributed by atoms with E-state index in [1.54, 1.807) is 42.2 Å². The lowest BCUT2D eigenvalue weighted by atomic mass is 10.1. The van der Waals surface area contributed by atoms with Crippen molar-refractivity contribution >= 4 is 17.5 Å². The zero-order chi connectivity index (χ0) is 20.2. The Kier molecular flexibility index (Phi) is 10.1. The molecule has 27 heavy (non-hydrogen) atoms. The van der Waals surface area contributed by atoms with E-state index in [-0.39, 0.29) is 24.2 Å². The van der Waals surface area contributed by atoms with Gasteiger partial charge in [-0.25, -0.2) is 0 Å². The van der Waals surface area contributed by atoms with E-state index in [0.717, 1.165) is 0 Å². The average molecular weight is 377 g/mol. The Morgan fingerprint density at radius 3 is 2.67 bits per heavy atom. The van der Waals surface area contributed by atoms with Crippen LogP contribution in [0, 0.1) is 5.92 Å². The van der Waals surface area contributed by atoms with E-state index >= 15 is 0 Å². The summed E-state index contributed by atoms with van der Waals surface area (Å²) < 4.78 is 5.20. The molecule has 0 aliphatic carbocycles. The number of rotatable bonds is 12. The molecule has 0 aliphatic heterocycles. The Bertz CT molecular complexity index is 621. The molecule has 0 aliphatic rings. The number of anilines is 1. The standard InChI is InChI=1S/C20H31N3O4/c1-5-12-23(19(25)6-2)14-15(4)13-18(24)22-21-17-11-9-8-10-16(17)20(26)27-7-3/h5,8-11,15,20-21,26H,1,6-7,12-14H2,2-4H3,(H,22,24)/t15-,20?/m1/s1. The molecule has 0 saturated heterocycles. The van der Waals surface area contributed by atoms with Crippen molar-refractivity contribution in [2.45, 2.75) is 39.9 Å². The molecular weight excluding hydrogens is 346 g/mol. The second-order valence-corrected chi connectivity index (χ2v) is 6.32. The molecular formula is C20H31N3O4. The quantitative estimate of drug-likeness (QED) is 0.296. The summed E-state index contributed by atoms with van der Waals surface area (Å²) in [6.07, 6.45) is 1.30. The van der Waals surface area contributed by atoms with Crippen molar-refractivity contribution in [1.82, 2.24) is 10.3 Å². The van der Waals surface area contributed by atoms with Crippen LogP contribution in [0.25, 0.3) is 0 Å². The van der Waals surface area contributed by atoms with Gasteiger partial charge >= 0.3 is 0 Å². The van der Waals surface area contributed by atoms with E-state index < -0.39 is 6.29 Å². The lowest BCUT2D eigenvalue weighted by molar-refractivity contribution is -0.131. The number of carbonyl (C=O) groups excluding carboxylic acids is 2. The average Bonchev–Trinajstić information content (AvgIpc) is 2.65. The molecule has 7 nitrogen and oxygen atoms in total. The Morgan fingerprint density at radius 2 is 2.04 bits per heavy atom.